The first-order chi connectivity index (χ1) is 13.4. The summed E-state index contributed by atoms with van der Waals surface area (Å²) in [4.78, 5) is 12.5. The highest BCUT2D eigenvalue weighted by Crippen LogP contribution is 2.16. The van der Waals surface area contributed by atoms with E-state index in [1.807, 2.05) is 0 Å². The lowest BCUT2D eigenvalue weighted by Gasteiger charge is -2.40. The lowest BCUT2D eigenvalue weighted by Crippen LogP contribution is -2.52. The van der Waals surface area contributed by atoms with Crippen LogP contribution in [0.4, 0.5) is 0 Å². The number of piperazine rings is 1. The van der Waals surface area contributed by atoms with Gasteiger partial charge in [0.05, 0.1) is 19.8 Å². The predicted molar refractivity (Wildman–Crippen MR) is 134 cm³/mol. The second-order valence-electron chi connectivity index (χ2n) is 8.83. The van der Waals surface area contributed by atoms with Crippen LogP contribution in [-0.4, -0.2) is 111 Å². The van der Waals surface area contributed by atoms with Crippen molar-refractivity contribution in [1.29, 1.82) is 0 Å². The monoisotopic (exact) mass is 524 g/mol. The van der Waals surface area contributed by atoms with Crippen LogP contribution in [0.1, 0.15) is 34.6 Å². The van der Waals surface area contributed by atoms with E-state index in [1.165, 1.54) is 32.7 Å². The smallest absolute Gasteiger partial charge is 0.191 e. The topological polar surface area (TPSA) is 55.4 Å². The van der Waals surface area contributed by atoms with Crippen LogP contribution in [0.2, 0.25) is 0 Å². The SMILES string of the molecule is CCNC(=NCC(C)(C)N1CCOCC1)NCC(C)CN1CCN(CC)CC1.I. The number of halogens is 1. The van der Waals surface area contributed by atoms with Crippen LogP contribution < -0.4 is 10.6 Å². The van der Waals surface area contributed by atoms with Gasteiger partial charge in [-0.25, -0.2) is 0 Å². The Labute approximate surface area is 196 Å². The van der Waals surface area contributed by atoms with E-state index in [-0.39, 0.29) is 29.5 Å². The average molecular weight is 525 g/mol. The molecule has 8 heteroatoms. The van der Waals surface area contributed by atoms with Crippen LogP contribution in [0.5, 0.6) is 0 Å². The predicted octanol–water partition coefficient (Wildman–Crippen LogP) is 1.54. The van der Waals surface area contributed by atoms with Gasteiger partial charge in [-0.05, 0) is 33.2 Å². The molecule has 29 heavy (non-hydrogen) atoms. The standard InChI is InChI=1S/C21H44N6O.HI/c1-6-22-20(24-18-21(4,5)27-12-14-28-15-13-27)23-16-19(3)17-26-10-8-25(7-2)9-11-26;/h19H,6-18H2,1-5H3,(H2,22,23,24);1H. The molecule has 0 saturated carbocycles. The number of rotatable bonds is 9. The van der Waals surface area contributed by atoms with E-state index in [0.717, 1.165) is 58.4 Å². The maximum Gasteiger partial charge on any atom is 0.191 e. The van der Waals surface area contributed by atoms with Crippen LogP contribution >= 0.6 is 24.0 Å². The molecule has 0 spiro atoms. The fourth-order valence-electron chi connectivity index (χ4n) is 3.95. The molecule has 0 amide bonds. The third-order valence-corrected chi connectivity index (χ3v) is 5.94. The fraction of sp³-hybridized carbons (Fsp3) is 0.952. The minimum atomic E-state index is 0. The normalized spacial score (nSPS) is 21.5. The first kappa shape index (κ1) is 26.9. The zero-order valence-corrected chi connectivity index (χ0v) is 21.7. The van der Waals surface area contributed by atoms with Gasteiger partial charge in [0.1, 0.15) is 0 Å². The van der Waals surface area contributed by atoms with Gasteiger partial charge in [-0.2, -0.15) is 0 Å². The van der Waals surface area contributed by atoms with Crippen LogP contribution in [-0.2, 0) is 4.74 Å². The Morgan fingerprint density at radius 1 is 1.00 bits per heavy atom. The summed E-state index contributed by atoms with van der Waals surface area (Å²) in [6.07, 6.45) is 0. The second-order valence-corrected chi connectivity index (χ2v) is 8.83. The van der Waals surface area contributed by atoms with Crippen molar-refractivity contribution in [3.05, 3.63) is 0 Å². The van der Waals surface area contributed by atoms with Crippen LogP contribution in [0.25, 0.3) is 0 Å². The number of likely N-dealkylation sites (N-methyl/N-ethyl adjacent to an activating group) is 1. The number of nitrogens with one attached hydrogen (secondary N) is 2. The Kier molecular flexibility index (Phi) is 13.0. The number of ether oxygens (including phenoxy) is 1. The quantitative estimate of drug-likeness (QED) is 0.271. The number of hydrogen-bond acceptors (Lipinski definition) is 5. The molecule has 2 rings (SSSR count). The highest BCUT2D eigenvalue weighted by atomic mass is 127. The van der Waals surface area contributed by atoms with Gasteiger partial charge in [-0.3, -0.25) is 9.89 Å². The molecule has 2 fully saturated rings. The largest absolute Gasteiger partial charge is 0.379 e. The first-order valence-electron chi connectivity index (χ1n) is 11.2. The number of nitrogens with zero attached hydrogens (tertiary/aromatic N) is 4. The molecule has 0 radical (unpaired) electrons. The number of guanidine groups is 1. The Bertz CT molecular complexity index is 462. The molecule has 1 unspecified atom stereocenters. The van der Waals surface area contributed by atoms with Gasteiger partial charge in [0.25, 0.3) is 0 Å². The fourth-order valence-corrected chi connectivity index (χ4v) is 3.95. The highest BCUT2D eigenvalue weighted by molar-refractivity contribution is 14.0. The van der Waals surface area contributed by atoms with Gasteiger partial charge in [0.2, 0.25) is 0 Å². The van der Waals surface area contributed by atoms with Crippen molar-refractivity contribution < 1.29 is 4.74 Å². The number of morpholine rings is 1. The van der Waals surface area contributed by atoms with E-state index in [4.69, 9.17) is 9.73 Å². The molecule has 0 aromatic carbocycles. The minimum absolute atomic E-state index is 0. The van der Waals surface area contributed by atoms with Crippen molar-refractivity contribution in [2.45, 2.75) is 40.2 Å². The molecule has 172 valence electrons. The average Bonchev–Trinajstić information content (AvgIpc) is 2.71. The molecule has 2 N–H and O–H groups in total. The molecule has 0 aliphatic carbocycles. The third kappa shape index (κ3) is 9.67. The summed E-state index contributed by atoms with van der Waals surface area (Å²) in [5.41, 5.74) is 0.0523. The van der Waals surface area contributed by atoms with Crippen LogP contribution in [0, 0.1) is 5.92 Å². The number of aliphatic imine (C=N–C) groups is 1. The summed E-state index contributed by atoms with van der Waals surface area (Å²) < 4.78 is 5.49. The summed E-state index contributed by atoms with van der Waals surface area (Å²) in [6, 6.07) is 0. The molecular formula is C21H45IN6O. The molecule has 7 nitrogen and oxygen atoms in total. The zero-order valence-electron chi connectivity index (χ0n) is 19.4. The zero-order chi connectivity index (χ0) is 20.4. The van der Waals surface area contributed by atoms with Crippen molar-refractivity contribution in [1.82, 2.24) is 25.3 Å². The lowest BCUT2D eigenvalue weighted by molar-refractivity contribution is -0.00684. The van der Waals surface area contributed by atoms with E-state index >= 15 is 0 Å². The second kappa shape index (κ2) is 14.0. The summed E-state index contributed by atoms with van der Waals surface area (Å²) >= 11 is 0. The first-order valence-corrected chi connectivity index (χ1v) is 11.2. The molecule has 2 aliphatic rings. The maximum atomic E-state index is 5.49. The Balaban J connectivity index is 0.00000420. The molecule has 2 heterocycles. The summed E-state index contributed by atoms with van der Waals surface area (Å²) in [5.74, 6) is 1.54. The maximum absolute atomic E-state index is 5.49. The summed E-state index contributed by atoms with van der Waals surface area (Å²) in [6.45, 7) is 24.7. The van der Waals surface area contributed by atoms with E-state index < -0.39 is 0 Å². The minimum Gasteiger partial charge on any atom is -0.379 e. The summed E-state index contributed by atoms with van der Waals surface area (Å²) in [5, 5.41) is 6.97. The molecule has 2 saturated heterocycles. The Morgan fingerprint density at radius 3 is 2.21 bits per heavy atom. The van der Waals surface area contributed by atoms with Gasteiger partial charge < -0.3 is 25.2 Å². The van der Waals surface area contributed by atoms with Crippen molar-refractivity contribution in [2.24, 2.45) is 10.9 Å². The van der Waals surface area contributed by atoms with Crippen LogP contribution in [0.15, 0.2) is 4.99 Å². The molecule has 0 aromatic heterocycles. The Hall–Kier alpha value is -0.160. The Morgan fingerprint density at radius 2 is 1.62 bits per heavy atom. The van der Waals surface area contributed by atoms with Crippen LogP contribution in [0.3, 0.4) is 0 Å². The van der Waals surface area contributed by atoms with E-state index in [9.17, 15) is 0 Å². The van der Waals surface area contributed by atoms with Gasteiger partial charge in [0, 0.05) is 64.4 Å². The number of hydrogen-bond donors (Lipinski definition) is 2. The van der Waals surface area contributed by atoms with E-state index in [2.05, 4.69) is 60.0 Å². The van der Waals surface area contributed by atoms with E-state index in [1.54, 1.807) is 0 Å². The van der Waals surface area contributed by atoms with Crippen molar-refractivity contribution in [3.8, 4) is 0 Å². The van der Waals surface area contributed by atoms with Crippen molar-refractivity contribution in [3.63, 3.8) is 0 Å². The van der Waals surface area contributed by atoms with Gasteiger partial charge >= 0.3 is 0 Å². The van der Waals surface area contributed by atoms with Crippen molar-refractivity contribution in [2.75, 3.05) is 85.2 Å². The van der Waals surface area contributed by atoms with E-state index in [0.29, 0.717) is 5.92 Å². The lowest BCUT2D eigenvalue weighted by atomic mass is 10.0. The summed E-state index contributed by atoms with van der Waals surface area (Å²) in [7, 11) is 0. The molecule has 0 bridgehead atoms. The van der Waals surface area contributed by atoms with Gasteiger partial charge in [0.15, 0.2) is 5.96 Å². The molecule has 2 aliphatic heterocycles. The molecule has 1 atom stereocenters. The highest BCUT2D eigenvalue weighted by Gasteiger charge is 2.28. The third-order valence-electron chi connectivity index (χ3n) is 5.94. The van der Waals surface area contributed by atoms with Gasteiger partial charge in [-0.15, -0.1) is 24.0 Å². The molecular weight excluding hydrogens is 479 g/mol. The molecule has 0 aromatic rings. The van der Waals surface area contributed by atoms with Crippen molar-refractivity contribution >= 4 is 29.9 Å². The van der Waals surface area contributed by atoms with Gasteiger partial charge in [-0.1, -0.05) is 13.8 Å².